The molecule has 114 valence electrons. The highest BCUT2D eigenvalue weighted by molar-refractivity contribution is 5.37. The molecular formula is C17H29NO2. The maximum atomic E-state index is 5.70. The van der Waals surface area contributed by atoms with Gasteiger partial charge in [-0.05, 0) is 37.4 Å². The maximum Gasteiger partial charge on any atom is 0.122 e. The van der Waals surface area contributed by atoms with Crippen molar-refractivity contribution in [2.24, 2.45) is 5.92 Å². The van der Waals surface area contributed by atoms with Crippen LogP contribution in [0.5, 0.6) is 5.75 Å². The summed E-state index contributed by atoms with van der Waals surface area (Å²) < 4.78 is 11.2. The molecule has 2 atom stereocenters. The Bertz CT molecular complexity index is 404. The molecule has 0 aromatic heterocycles. The fourth-order valence-electron chi connectivity index (χ4n) is 2.77. The number of hydrogen-bond donors (Lipinski definition) is 1. The molecule has 2 unspecified atom stereocenters. The van der Waals surface area contributed by atoms with Crippen LogP contribution in [0.25, 0.3) is 0 Å². The Balaban J connectivity index is 2.97. The Kier molecular flexibility index (Phi) is 7.03. The van der Waals surface area contributed by atoms with Gasteiger partial charge in [-0.1, -0.05) is 38.5 Å². The molecule has 0 radical (unpaired) electrons. The van der Waals surface area contributed by atoms with Crippen LogP contribution in [0.3, 0.4) is 0 Å². The topological polar surface area (TPSA) is 30.5 Å². The average molecular weight is 279 g/mol. The zero-order valence-corrected chi connectivity index (χ0v) is 13.7. The first-order chi connectivity index (χ1) is 9.53. The van der Waals surface area contributed by atoms with Crippen molar-refractivity contribution in [3.8, 4) is 5.75 Å². The molecule has 0 saturated heterocycles. The summed E-state index contributed by atoms with van der Waals surface area (Å²) in [5, 5.41) is 3.55. The van der Waals surface area contributed by atoms with E-state index in [1.165, 1.54) is 11.1 Å². The summed E-state index contributed by atoms with van der Waals surface area (Å²) in [6, 6.07) is 6.63. The third-order valence-corrected chi connectivity index (χ3v) is 3.67. The summed E-state index contributed by atoms with van der Waals surface area (Å²) in [5.41, 5.74) is 2.50. The molecule has 20 heavy (non-hydrogen) atoms. The van der Waals surface area contributed by atoms with E-state index >= 15 is 0 Å². The predicted molar refractivity (Wildman–Crippen MR) is 84.5 cm³/mol. The van der Waals surface area contributed by atoms with Gasteiger partial charge in [-0.3, -0.25) is 0 Å². The average Bonchev–Trinajstić information content (AvgIpc) is 2.39. The van der Waals surface area contributed by atoms with E-state index in [2.05, 4.69) is 45.1 Å². The lowest BCUT2D eigenvalue weighted by molar-refractivity contribution is 0.0335. The van der Waals surface area contributed by atoms with Crippen LogP contribution >= 0.6 is 0 Å². The molecule has 1 rings (SSSR count). The molecule has 0 aliphatic rings. The number of rotatable bonds is 8. The van der Waals surface area contributed by atoms with Gasteiger partial charge in [0.1, 0.15) is 5.75 Å². The first-order valence-corrected chi connectivity index (χ1v) is 7.43. The van der Waals surface area contributed by atoms with Gasteiger partial charge in [0, 0.05) is 13.2 Å². The summed E-state index contributed by atoms with van der Waals surface area (Å²) in [6.45, 7) is 9.58. The Labute approximate surface area is 123 Å². The first-order valence-electron chi connectivity index (χ1n) is 7.43. The van der Waals surface area contributed by atoms with Crippen molar-refractivity contribution in [1.29, 1.82) is 0 Å². The van der Waals surface area contributed by atoms with Gasteiger partial charge in [-0.15, -0.1) is 0 Å². The summed E-state index contributed by atoms with van der Waals surface area (Å²) in [4.78, 5) is 0. The van der Waals surface area contributed by atoms with E-state index in [-0.39, 0.29) is 6.10 Å². The molecule has 3 nitrogen and oxygen atoms in total. The second kappa shape index (κ2) is 8.28. The monoisotopic (exact) mass is 279 g/mol. The molecule has 0 amide bonds. The zero-order valence-electron chi connectivity index (χ0n) is 13.7. The van der Waals surface area contributed by atoms with Crippen molar-refractivity contribution in [2.75, 3.05) is 20.8 Å². The zero-order chi connectivity index (χ0) is 15.1. The number of ether oxygens (including phenoxy) is 2. The smallest absolute Gasteiger partial charge is 0.122 e. The fraction of sp³-hybridized carbons (Fsp3) is 0.647. The first kappa shape index (κ1) is 17.0. The van der Waals surface area contributed by atoms with E-state index in [0.29, 0.717) is 12.0 Å². The lowest BCUT2D eigenvalue weighted by Crippen LogP contribution is -2.45. The quantitative estimate of drug-likeness (QED) is 0.792. The minimum absolute atomic E-state index is 0.195. The third kappa shape index (κ3) is 4.50. The van der Waals surface area contributed by atoms with E-state index < -0.39 is 0 Å². The van der Waals surface area contributed by atoms with Crippen LogP contribution in [0, 0.1) is 12.8 Å². The molecule has 1 N–H and O–H groups in total. The van der Waals surface area contributed by atoms with Crippen LogP contribution < -0.4 is 10.1 Å². The second-order valence-corrected chi connectivity index (χ2v) is 5.63. The number of nitrogens with one attached hydrogen (secondary N) is 1. The molecule has 0 aliphatic carbocycles. The number of hydrogen-bond acceptors (Lipinski definition) is 3. The van der Waals surface area contributed by atoms with E-state index in [1.807, 2.05) is 6.07 Å². The van der Waals surface area contributed by atoms with Crippen LogP contribution in [0.1, 0.15) is 31.9 Å². The molecule has 0 aliphatic heterocycles. The van der Waals surface area contributed by atoms with Crippen LogP contribution in [-0.4, -0.2) is 32.9 Å². The SMILES string of the molecule is CCNC(Cc1cc(C)ccc1OC)C(OC)C(C)C. The molecule has 3 heteroatoms. The Morgan fingerprint density at radius 3 is 2.40 bits per heavy atom. The highest BCUT2D eigenvalue weighted by Crippen LogP contribution is 2.23. The van der Waals surface area contributed by atoms with Gasteiger partial charge >= 0.3 is 0 Å². The minimum atomic E-state index is 0.195. The van der Waals surface area contributed by atoms with Gasteiger partial charge in [0.15, 0.2) is 0 Å². The molecule has 1 aromatic carbocycles. The summed E-state index contributed by atoms with van der Waals surface area (Å²) in [5.74, 6) is 1.43. The van der Waals surface area contributed by atoms with Gasteiger partial charge in [0.2, 0.25) is 0 Å². The summed E-state index contributed by atoms with van der Waals surface area (Å²) in [6.07, 6.45) is 1.11. The second-order valence-electron chi connectivity index (χ2n) is 5.63. The Hall–Kier alpha value is -1.06. The third-order valence-electron chi connectivity index (χ3n) is 3.67. The van der Waals surface area contributed by atoms with Crippen molar-refractivity contribution in [3.63, 3.8) is 0 Å². The largest absolute Gasteiger partial charge is 0.496 e. The van der Waals surface area contributed by atoms with Crippen molar-refractivity contribution in [3.05, 3.63) is 29.3 Å². The van der Waals surface area contributed by atoms with Gasteiger partial charge in [0.25, 0.3) is 0 Å². The lowest BCUT2D eigenvalue weighted by atomic mass is 9.93. The van der Waals surface area contributed by atoms with Crippen molar-refractivity contribution >= 4 is 0 Å². The fourth-order valence-corrected chi connectivity index (χ4v) is 2.77. The molecule has 1 aromatic rings. The molecule has 0 bridgehead atoms. The van der Waals surface area contributed by atoms with Crippen molar-refractivity contribution in [2.45, 2.75) is 46.3 Å². The van der Waals surface area contributed by atoms with E-state index in [4.69, 9.17) is 9.47 Å². The molecular weight excluding hydrogens is 250 g/mol. The number of likely N-dealkylation sites (N-methyl/N-ethyl adjacent to an activating group) is 1. The van der Waals surface area contributed by atoms with Gasteiger partial charge in [-0.2, -0.15) is 0 Å². The number of aryl methyl sites for hydroxylation is 1. The van der Waals surface area contributed by atoms with E-state index in [9.17, 15) is 0 Å². The van der Waals surface area contributed by atoms with E-state index in [1.54, 1.807) is 14.2 Å². The Morgan fingerprint density at radius 2 is 1.90 bits per heavy atom. The summed E-state index contributed by atoms with van der Waals surface area (Å²) in [7, 11) is 3.52. The van der Waals surface area contributed by atoms with Crippen LogP contribution in [-0.2, 0) is 11.2 Å². The van der Waals surface area contributed by atoms with Crippen LogP contribution in [0.15, 0.2) is 18.2 Å². The van der Waals surface area contributed by atoms with E-state index in [0.717, 1.165) is 18.7 Å². The van der Waals surface area contributed by atoms with Gasteiger partial charge in [-0.25, -0.2) is 0 Å². The van der Waals surface area contributed by atoms with Crippen LogP contribution in [0.4, 0.5) is 0 Å². The maximum absolute atomic E-state index is 5.70. The molecule has 0 fully saturated rings. The predicted octanol–water partition coefficient (Wildman–Crippen LogP) is 3.20. The van der Waals surface area contributed by atoms with Gasteiger partial charge < -0.3 is 14.8 Å². The van der Waals surface area contributed by atoms with Crippen LogP contribution in [0.2, 0.25) is 0 Å². The number of benzene rings is 1. The molecule has 0 spiro atoms. The highest BCUT2D eigenvalue weighted by atomic mass is 16.5. The highest BCUT2D eigenvalue weighted by Gasteiger charge is 2.24. The Morgan fingerprint density at radius 1 is 1.20 bits per heavy atom. The van der Waals surface area contributed by atoms with Gasteiger partial charge in [0.05, 0.1) is 13.2 Å². The molecule has 0 saturated carbocycles. The summed E-state index contributed by atoms with van der Waals surface area (Å²) >= 11 is 0. The normalized spacial score (nSPS) is 14.3. The number of methoxy groups -OCH3 is 2. The minimum Gasteiger partial charge on any atom is -0.496 e. The van der Waals surface area contributed by atoms with Crippen molar-refractivity contribution in [1.82, 2.24) is 5.32 Å². The molecule has 0 heterocycles. The standard InChI is InChI=1S/C17H29NO2/c1-7-18-15(17(20-6)12(2)3)11-14-10-13(4)8-9-16(14)19-5/h8-10,12,15,17-18H,7,11H2,1-6H3. The van der Waals surface area contributed by atoms with Crippen molar-refractivity contribution < 1.29 is 9.47 Å². The lowest BCUT2D eigenvalue weighted by Gasteiger charge is -2.30.